The van der Waals surface area contributed by atoms with Crippen LogP contribution in [0, 0.1) is 0 Å². The minimum Gasteiger partial charge on any atom is -0.344 e. The average molecular weight is 191 g/mol. The maximum Gasteiger partial charge on any atom is 0.209 e. The molecular weight excluding hydrogens is 174 g/mol. The van der Waals surface area contributed by atoms with Crippen molar-refractivity contribution in [2.75, 3.05) is 7.05 Å². The third-order valence-electron chi connectivity index (χ3n) is 2.26. The van der Waals surface area contributed by atoms with E-state index < -0.39 is 0 Å². The Morgan fingerprint density at radius 1 is 1.29 bits per heavy atom. The predicted octanol–water partition coefficient (Wildman–Crippen LogP) is 2.40. The molecule has 0 aromatic heterocycles. The molecule has 1 aromatic rings. The van der Waals surface area contributed by atoms with Gasteiger partial charge in [-0.2, -0.15) is 0 Å². The Morgan fingerprint density at radius 2 is 1.86 bits per heavy atom. The van der Waals surface area contributed by atoms with Gasteiger partial charge in [0.05, 0.1) is 0 Å². The summed E-state index contributed by atoms with van der Waals surface area (Å²) in [4.78, 5) is 12.0. The molecular formula is C12H17NO. The molecule has 0 aliphatic carbocycles. The van der Waals surface area contributed by atoms with Crippen LogP contribution in [-0.2, 0) is 11.3 Å². The second kappa shape index (κ2) is 4.80. The zero-order chi connectivity index (χ0) is 10.6. The van der Waals surface area contributed by atoms with Gasteiger partial charge in [-0.1, -0.05) is 38.1 Å². The lowest BCUT2D eigenvalue weighted by Gasteiger charge is -2.11. The molecule has 0 heterocycles. The first-order valence-corrected chi connectivity index (χ1v) is 4.88. The Kier molecular flexibility index (Phi) is 3.69. The van der Waals surface area contributed by atoms with Gasteiger partial charge >= 0.3 is 0 Å². The lowest BCUT2D eigenvalue weighted by Crippen LogP contribution is -2.14. The van der Waals surface area contributed by atoms with E-state index in [1.165, 1.54) is 11.1 Å². The zero-order valence-corrected chi connectivity index (χ0v) is 9.03. The van der Waals surface area contributed by atoms with Crippen LogP contribution in [0.5, 0.6) is 0 Å². The van der Waals surface area contributed by atoms with Gasteiger partial charge in [-0.15, -0.1) is 0 Å². The van der Waals surface area contributed by atoms with Gasteiger partial charge in [-0.3, -0.25) is 4.79 Å². The van der Waals surface area contributed by atoms with Crippen molar-refractivity contribution in [2.24, 2.45) is 0 Å². The van der Waals surface area contributed by atoms with Gasteiger partial charge in [-0.25, -0.2) is 0 Å². The molecule has 14 heavy (non-hydrogen) atoms. The summed E-state index contributed by atoms with van der Waals surface area (Å²) in [5.74, 6) is 0.563. The van der Waals surface area contributed by atoms with Crippen molar-refractivity contribution in [3.63, 3.8) is 0 Å². The summed E-state index contributed by atoms with van der Waals surface area (Å²) in [5.41, 5.74) is 2.51. The van der Waals surface area contributed by atoms with Crippen molar-refractivity contribution in [3.8, 4) is 0 Å². The van der Waals surface area contributed by atoms with E-state index in [4.69, 9.17) is 0 Å². The first-order valence-electron chi connectivity index (χ1n) is 4.88. The Labute approximate surface area is 85.5 Å². The van der Waals surface area contributed by atoms with E-state index in [1.54, 1.807) is 11.9 Å². The lowest BCUT2D eigenvalue weighted by molar-refractivity contribution is -0.117. The highest BCUT2D eigenvalue weighted by molar-refractivity contribution is 5.46. The van der Waals surface area contributed by atoms with E-state index in [0.29, 0.717) is 12.5 Å². The molecule has 76 valence electrons. The van der Waals surface area contributed by atoms with Crippen molar-refractivity contribution in [1.82, 2.24) is 4.90 Å². The summed E-state index contributed by atoms with van der Waals surface area (Å²) in [7, 11) is 1.78. The predicted molar refractivity (Wildman–Crippen MR) is 58.1 cm³/mol. The molecule has 1 rings (SSSR count). The fraction of sp³-hybridized carbons (Fsp3) is 0.417. The largest absolute Gasteiger partial charge is 0.344 e. The third-order valence-corrected chi connectivity index (χ3v) is 2.26. The van der Waals surface area contributed by atoms with Crippen LogP contribution in [0.1, 0.15) is 30.9 Å². The fourth-order valence-corrected chi connectivity index (χ4v) is 1.33. The standard InChI is InChI=1S/C12H17NO/c1-10(2)12-6-4-11(5-7-12)8-13(3)9-14/h4-7,9-10H,8H2,1-3H3. The Hall–Kier alpha value is -1.31. The molecule has 0 aliphatic rings. The summed E-state index contributed by atoms with van der Waals surface area (Å²) in [6.45, 7) is 5.03. The second-order valence-corrected chi connectivity index (χ2v) is 3.92. The van der Waals surface area contributed by atoms with Crippen molar-refractivity contribution >= 4 is 6.41 Å². The zero-order valence-electron chi connectivity index (χ0n) is 9.03. The number of nitrogens with zero attached hydrogens (tertiary/aromatic N) is 1. The SMILES string of the molecule is CC(C)c1ccc(CN(C)C=O)cc1. The number of carbonyl (C=O) groups excluding carboxylic acids is 1. The molecule has 0 aliphatic heterocycles. The van der Waals surface area contributed by atoms with Crippen LogP contribution < -0.4 is 0 Å². The summed E-state index contributed by atoms with van der Waals surface area (Å²) < 4.78 is 0. The number of carbonyl (C=O) groups is 1. The topological polar surface area (TPSA) is 20.3 Å². The summed E-state index contributed by atoms with van der Waals surface area (Å²) in [6, 6.07) is 8.40. The molecule has 2 nitrogen and oxygen atoms in total. The van der Waals surface area contributed by atoms with Crippen molar-refractivity contribution < 1.29 is 4.79 Å². The van der Waals surface area contributed by atoms with Crippen LogP contribution in [-0.4, -0.2) is 18.4 Å². The van der Waals surface area contributed by atoms with E-state index in [9.17, 15) is 4.79 Å². The third kappa shape index (κ3) is 2.87. The van der Waals surface area contributed by atoms with Gasteiger partial charge in [-0.05, 0) is 17.0 Å². The molecule has 0 fully saturated rings. The minimum absolute atomic E-state index is 0.563. The van der Waals surface area contributed by atoms with Crippen LogP contribution >= 0.6 is 0 Å². The maximum absolute atomic E-state index is 10.4. The monoisotopic (exact) mass is 191 g/mol. The van der Waals surface area contributed by atoms with Gasteiger partial charge in [0.1, 0.15) is 0 Å². The van der Waals surface area contributed by atoms with Crippen LogP contribution in [0.4, 0.5) is 0 Å². The van der Waals surface area contributed by atoms with E-state index in [0.717, 1.165) is 6.41 Å². The summed E-state index contributed by atoms with van der Waals surface area (Å²) in [5, 5.41) is 0. The molecule has 1 aromatic carbocycles. The molecule has 0 N–H and O–H groups in total. The van der Waals surface area contributed by atoms with Gasteiger partial charge < -0.3 is 4.90 Å². The smallest absolute Gasteiger partial charge is 0.209 e. The molecule has 1 amide bonds. The number of hydrogen-bond donors (Lipinski definition) is 0. The van der Waals surface area contributed by atoms with Gasteiger partial charge in [0.2, 0.25) is 6.41 Å². The number of amides is 1. The molecule has 0 atom stereocenters. The quantitative estimate of drug-likeness (QED) is 0.669. The maximum atomic E-state index is 10.4. The molecule has 0 saturated carbocycles. The first kappa shape index (κ1) is 10.8. The van der Waals surface area contributed by atoms with Crippen LogP contribution in [0.25, 0.3) is 0 Å². The molecule has 0 spiro atoms. The fourth-order valence-electron chi connectivity index (χ4n) is 1.33. The van der Waals surface area contributed by atoms with E-state index >= 15 is 0 Å². The van der Waals surface area contributed by atoms with Gasteiger partial charge in [0.15, 0.2) is 0 Å². The Bertz CT molecular complexity index is 290. The summed E-state index contributed by atoms with van der Waals surface area (Å²) in [6.07, 6.45) is 0.844. The molecule has 0 saturated heterocycles. The number of hydrogen-bond acceptors (Lipinski definition) is 1. The van der Waals surface area contributed by atoms with E-state index in [-0.39, 0.29) is 0 Å². The van der Waals surface area contributed by atoms with Crippen LogP contribution in [0.2, 0.25) is 0 Å². The van der Waals surface area contributed by atoms with Crippen molar-refractivity contribution in [2.45, 2.75) is 26.3 Å². The Morgan fingerprint density at radius 3 is 2.29 bits per heavy atom. The molecule has 0 radical (unpaired) electrons. The average Bonchev–Trinajstić information content (AvgIpc) is 2.18. The summed E-state index contributed by atoms with van der Waals surface area (Å²) >= 11 is 0. The van der Waals surface area contributed by atoms with Gasteiger partial charge in [0, 0.05) is 13.6 Å². The van der Waals surface area contributed by atoms with Crippen LogP contribution in [0.15, 0.2) is 24.3 Å². The second-order valence-electron chi connectivity index (χ2n) is 3.92. The highest BCUT2D eigenvalue weighted by atomic mass is 16.1. The lowest BCUT2D eigenvalue weighted by atomic mass is 10.0. The Balaban J connectivity index is 2.68. The van der Waals surface area contributed by atoms with Gasteiger partial charge in [0.25, 0.3) is 0 Å². The van der Waals surface area contributed by atoms with E-state index in [1.807, 2.05) is 0 Å². The van der Waals surface area contributed by atoms with Crippen molar-refractivity contribution in [3.05, 3.63) is 35.4 Å². The molecule has 0 bridgehead atoms. The minimum atomic E-state index is 0.563. The normalized spacial score (nSPS) is 10.3. The first-order chi connectivity index (χ1) is 6.63. The van der Waals surface area contributed by atoms with E-state index in [2.05, 4.69) is 38.1 Å². The highest BCUT2D eigenvalue weighted by Crippen LogP contribution is 2.14. The number of benzene rings is 1. The van der Waals surface area contributed by atoms with Crippen molar-refractivity contribution in [1.29, 1.82) is 0 Å². The number of rotatable bonds is 4. The molecule has 2 heteroatoms. The highest BCUT2D eigenvalue weighted by Gasteiger charge is 2.00. The molecule has 0 unspecified atom stereocenters. The van der Waals surface area contributed by atoms with Crippen LogP contribution in [0.3, 0.4) is 0 Å².